The van der Waals surface area contributed by atoms with Crippen molar-refractivity contribution in [3.05, 3.63) is 29.6 Å². The van der Waals surface area contributed by atoms with Gasteiger partial charge in [0.15, 0.2) is 17.9 Å². The molecule has 0 saturated heterocycles. The Bertz CT molecular complexity index is 646. The molecule has 130 valence electrons. The van der Waals surface area contributed by atoms with E-state index in [0.717, 1.165) is 30.2 Å². The highest BCUT2D eigenvalue weighted by atomic mass is 19.1. The van der Waals surface area contributed by atoms with E-state index in [1.54, 1.807) is 6.92 Å². The van der Waals surface area contributed by atoms with Crippen LogP contribution in [0.1, 0.15) is 49.4 Å². The summed E-state index contributed by atoms with van der Waals surface area (Å²) in [6, 6.07) is 3.56. The molecule has 24 heavy (non-hydrogen) atoms. The van der Waals surface area contributed by atoms with E-state index in [1.807, 2.05) is 0 Å². The third-order valence-electron chi connectivity index (χ3n) is 6.21. The van der Waals surface area contributed by atoms with Crippen molar-refractivity contribution in [2.45, 2.75) is 51.4 Å². The van der Waals surface area contributed by atoms with E-state index in [9.17, 15) is 9.18 Å². The van der Waals surface area contributed by atoms with Crippen LogP contribution in [0, 0.1) is 29.5 Å². The molecule has 0 amide bonds. The van der Waals surface area contributed by atoms with Crippen molar-refractivity contribution in [3.8, 4) is 5.75 Å². The summed E-state index contributed by atoms with van der Waals surface area (Å²) >= 11 is 0. The molecule has 0 spiro atoms. The van der Waals surface area contributed by atoms with Gasteiger partial charge in [-0.15, -0.1) is 0 Å². The van der Waals surface area contributed by atoms with Gasteiger partial charge in [-0.05, 0) is 74.5 Å². The molecular formula is C19H23FO4. The van der Waals surface area contributed by atoms with Crippen molar-refractivity contribution in [2.24, 2.45) is 23.7 Å². The van der Waals surface area contributed by atoms with Crippen molar-refractivity contribution in [2.75, 3.05) is 0 Å². The average Bonchev–Trinajstić information content (AvgIpc) is 3.21. The van der Waals surface area contributed by atoms with Crippen LogP contribution in [0.2, 0.25) is 0 Å². The van der Waals surface area contributed by atoms with E-state index >= 15 is 0 Å². The van der Waals surface area contributed by atoms with E-state index in [4.69, 9.17) is 14.6 Å². The maximum Gasteiger partial charge on any atom is 0.335 e. The number of fused-ring (bicyclic) bond motifs is 5. The smallest absolute Gasteiger partial charge is 0.335 e. The molecule has 1 N–H and O–H groups in total. The Balaban J connectivity index is 1.40. The minimum absolute atomic E-state index is 0.00678. The Morgan fingerprint density at radius 1 is 1.25 bits per heavy atom. The fraction of sp³-hybridized carbons (Fsp3) is 0.632. The molecule has 3 aliphatic rings. The first kappa shape index (κ1) is 15.9. The van der Waals surface area contributed by atoms with Crippen molar-refractivity contribution < 1.29 is 23.8 Å². The lowest BCUT2D eigenvalue weighted by Gasteiger charge is -2.33. The largest absolute Gasteiger partial charge is 0.478 e. The van der Waals surface area contributed by atoms with Gasteiger partial charge in [0.25, 0.3) is 0 Å². The summed E-state index contributed by atoms with van der Waals surface area (Å²) < 4.78 is 25.5. The molecular weight excluding hydrogens is 311 g/mol. The molecule has 6 atom stereocenters. The fourth-order valence-electron chi connectivity index (χ4n) is 5.34. The van der Waals surface area contributed by atoms with E-state index in [-0.39, 0.29) is 17.4 Å². The molecule has 0 aliphatic heterocycles. The first-order chi connectivity index (χ1) is 11.5. The molecule has 3 aliphatic carbocycles. The Labute approximate surface area is 141 Å². The Morgan fingerprint density at radius 2 is 2.04 bits per heavy atom. The lowest BCUT2D eigenvalue weighted by Crippen LogP contribution is -2.34. The van der Waals surface area contributed by atoms with Crippen molar-refractivity contribution in [1.82, 2.24) is 0 Å². The molecule has 0 heterocycles. The van der Waals surface area contributed by atoms with Gasteiger partial charge in [0.05, 0.1) is 11.7 Å². The lowest BCUT2D eigenvalue weighted by molar-refractivity contribution is -0.133. The number of halogens is 1. The fourth-order valence-corrected chi connectivity index (χ4v) is 5.34. The Morgan fingerprint density at radius 3 is 2.83 bits per heavy atom. The Hall–Kier alpha value is -1.62. The number of aromatic carboxylic acids is 1. The molecule has 0 aromatic heterocycles. The molecule has 4 rings (SSSR count). The third-order valence-corrected chi connectivity index (χ3v) is 6.21. The van der Waals surface area contributed by atoms with Crippen LogP contribution in [0.3, 0.4) is 0 Å². The molecule has 5 heteroatoms. The maximum absolute atomic E-state index is 13.9. The lowest BCUT2D eigenvalue weighted by atomic mass is 9.80. The summed E-state index contributed by atoms with van der Waals surface area (Å²) in [5.41, 5.74) is 0.00678. The summed E-state index contributed by atoms with van der Waals surface area (Å²) in [6.45, 7) is 1.75. The van der Waals surface area contributed by atoms with Crippen LogP contribution in [0.5, 0.6) is 5.75 Å². The van der Waals surface area contributed by atoms with Crippen LogP contribution in [0.4, 0.5) is 4.39 Å². The number of carbonyl (C=O) groups is 1. The van der Waals surface area contributed by atoms with Crippen molar-refractivity contribution >= 4 is 5.97 Å². The first-order valence-corrected chi connectivity index (χ1v) is 8.88. The van der Waals surface area contributed by atoms with Gasteiger partial charge in [0.1, 0.15) is 0 Å². The number of hydrogen-bond acceptors (Lipinski definition) is 3. The highest BCUT2D eigenvalue weighted by Gasteiger charge is 2.54. The van der Waals surface area contributed by atoms with Crippen molar-refractivity contribution in [1.29, 1.82) is 0 Å². The van der Waals surface area contributed by atoms with Crippen LogP contribution in [-0.4, -0.2) is 23.5 Å². The monoisotopic (exact) mass is 334 g/mol. The number of hydrogen-bond donors (Lipinski definition) is 1. The molecule has 3 saturated carbocycles. The van der Waals surface area contributed by atoms with Gasteiger partial charge in [-0.3, -0.25) is 0 Å². The molecule has 2 bridgehead atoms. The highest BCUT2D eigenvalue weighted by molar-refractivity contribution is 5.88. The Kier molecular flexibility index (Phi) is 3.99. The predicted molar refractivity (Wildman–Crippen MR) is 85.4 cm³/mol. The second-order valence-corrected chi connectivity index (χ2v) is 7.46. The summed E-state index contributed by atoms with van der Waals surface area (Å²) in [5.74, 6) is 1.36. The number of rotatable bonds is 5. The summed E-state index contributed by atoms with van der Waals surface area (Å²) in [6.07, 6.45) is 5.97. The average molecular weight is 334 g/mol. The summed E-state index contributed by atoms with van der Waals surface area (Å²) in [5, 5.41) is 9.01. The number of ether oxygens (including phenoxy) is 2. The SMILES string of the molecule is CC(Oc1cc(C(=O)O)ccc1F)OC1CC2CC1C1CCCC21. The summed E-state index contributed by atoms with van der Waals surface area (Å²) in [7, 11) is 0. The minimum Gasteiger partial charge on any atom is -0.478 e. The zero-order valence-corrected chi connectivity index (χ0v) is 13.8. The molecule has 1 aromatic rings. The van der Waals surface area contributed by atoms with Gasteiger partial charge in [0.2, 0.25) is 0 Å². The first-order valence-electron chi connectivity index (χ1n) is 8.88. The van der Waals surface area contributed by atoms with Crippen LogP contribution in [-0.2, 0) is 4.74 Å². The van der Waals surface area contributed by atoms with Crippen LogP contribution in [0.15, 0.2) is 18.2 Å². The van der Waals surface area contributed by atoms with Gasteiger partial charge >= 0.3 is 5.97 Å². The third kappa shape index (κ3) is 2.69. The number of benzene rings is 1. The number of carboxylic acids is 1. The van der Waals surface area contributed by atoms with Gasteiger partial charge in [-0.2, -0.15) is 0 Å². The topological polar surface area (TPSA) is 55.8 Å². The van der Waals surface area contributed by atoms with Gasteiger partial charge in [-0.25, -0.2) is 9.18 Å². The van der Waals surface area contributed by atoms with Crippen LogP contribution in [0.25, 0.3) is 0 Å². The quantitative estimate of drug-likeness (QED) is 0.824. The van der Waals surface area contributed by atoms with E-state index in [0.29, 0.717) is 5.92 Å². The van der Waals surface area contributed by atoms with Crippen LogP contribution < -0.4 is 4.74 Å². The van der Waals surface area contributed by atoms with Gasteiger partial charge < -0.3 is 14.6 Å². The standard InChI is InChI=1S/C19H23FO4/c1-10(24-18-8-11(19(21)22)5-6-16(18)20)23-17-9-12-7-15(17)14-4-2-3-13(12)14/h5-6,8,10,12-15,17H,2-4,7,9H2,1H3,(H,21,22). The van der Waals surface area contributed by atoms with Gasteiger partial charge in [0, 0.05) is 0 Å². The second-order valence-electron chi connectivity index (χ2n) is 7.46. The maximum atomic E-state index is 13.9. The van der Waals surface area contributed by atoms with E-state index in [1.165, 1.54) is 37.8 Å². The number of carboxylic acid groups (broad SMARTS) is 1. The zero-order valence-electron chi connectivity index (χ0n) is 13.8. The minimum atomic E-state index is -1.10. The molecule has 3 fully saturated rings. The zero-order chi connectivity index (χ0) is 16.8. The van der Waals surface area contributed by atoms with Gasteiger partial charge in [-0.1, -0.05) is 6.42 Å². The predicted octanol–water partition coefficient (Wildman–Crippen LogP) is 4.09. The second kappa shape index (κ2) is 6.03. The molecule has 0 radical (unpaired) electrons. The van der Waals surface area contributed by atoms with Crippen LogP contribution >= 0.6 is 0 Å². The highest BCUT2D eigenvalue weighted by Crippen LogP contribution is 2.59. The van der Waals surface area contributed by atoms with E-state index < -0.39 is 18.1 Å². The van der Waals surface area contributed by atoms with Crippen molar-refractivity contribution in [3.63, 3.8) is 0 Å². The molecule has 4 nitrogen and oxygen atoms in total. The summed E-state index contributed by atoms with van der Waals surface area (Å²) in [4.78, 5) is 11.0. The van der Waals surface area contributed by atoms with E-state index in [2.05, 4.69) is 0 Å². The molecule has 1 aromatic carbocycles. The normalized spacial score (nSPS) is 35.0. The molecule has 6 unspecified atom stereocenters.